The van der Waals surface area contributed by atoms with Gasteiger partial charge in [0.05, 0.1) is 6.10 Å². The van der Waals surface area contributed by atoms with E-state index in [1.54, 1.807) is 24.3 Å². The van der Waals surface area contributed by atoms with Crippen LogP contribution in [0.3, 0.4) is 0 Å². The third kappa shape index (κ3) is 4.75. The molecule has 0 radical (unpaired) electrons. The summed E-state index contributed by atoms with van der Waals surface area (Å²) in [6.45, 7) is 7.99. The van der Waals surface area contributed by atoms with E-state index in [9.17, 15) is 5.11 Å². The second-order valence-electron chi connectivity index (χ2n) is 5.26. The molecule has 0 fully saturated rings. The zero-order valence-corrected chi connectivity index (χ0v) is 10.9. The summed E-state index contributed by atoms with van der Waals surface area (Å²) in [7, 11) is 0. The average molecular weight is 237 g/mol. The molecule has 1 rings (SSSR count). The molecule has 96 valence electrons. The van der Waals surface area contributed by atoms with Gasteiger partial charge in [-0.15, -0.1) is 0 Å². The summed E-state index contributed by atoms with van der Waals surface area (Å²) in [6, 6.07) is 6.67. The summed E-state index contributed by atoms with van der Waals surface area (Å²) >= 11 is 0. The minimum absolute atomic E-state index is 0.223. The first-order valence-electron chi connectivity index (χ1n) is 6.12. The molecule has 1 aromatic rings. The Labute approximate surface area is 103 Å². The first kappa shape index (κ1) is 14.0. The molecule has 1 atom stereocenters. The molecule has 17 heavy (non-hydrogen) atoms. The Bertz CT molecular complexity index is 333. The number of hydrogen-bond donors (Lipinski definition) is 3. The van der Waals surface area contributed by atoms with Crippen molar-refractivity contribution in [2.24, 2.45) is 5.41 Å². The van der Waals surface area contributed by atoms with Crippen molar-refractivity contribution in [3.05, 3.63) is 29.8 Å². The Balaban J connectivity index is 2.40. The van der Waals surface area contributed by atoms with Crippen molar-refractivity contribution in [2.75, 3.05) is 13.1 Å². The second-order valence-corrected chi connectivity index (χ2v) is 5.26. The largest absolute Gasteiger partial charge is 0.508 e. The maximum Gasteiger partial charge on any atom is 0.115 e. The van der Waals surface area contributed by atoms with E-state index in [-0.39, 0.29) is 11.2 Å². The fourth-order valence-electron chi connectivity index (χ4n) is 1.49. The lowest BCUT2D eigenvalue weighted by Crippen LogP contribution is -2.31. The van der Waals surface area contributed by atoms with Crippen LogP contribution in [0.15, 0.2) is 24.3 Å². The topological polar surface area (TPSA) is 52.5 Å². The van der Waals surface area contributed by atoms with Gasteiger partial charge in [-0.05, 0) is 29.5 Å². The number of aliphatic hydroxyl groups is 1. The van der Waals surface area contributed by atoms with Crippen LogP contribution in [-0.2, 0) is 0 Å². The van der Waals surface area contributed by atoms with Crippen LogP contribution in [0.4, 0.5) is 0 Å². The SMILES string of the molecule is CCC(C)(C)CNCC(O)c1ccc(O)cc1. The number of hydrogen-bond acceptors (Lipinski definition) is 3. The lowest BCUT2D eigenvalue weighted by molar-refractivity contribution is 0.168. The van der Waals surface area contributed by atoms with Crippen LogP contribution in [0.1, 0.15) is 38.9 Å². The minimum Gasteiger partial charge on any atom is -0.508 e. The Hall–Kier alpha value is -1.06. The van der Waals surface area contributed by atoms with Gasteiger partial charge in [-0.25, -0.2) is 0 Å². The normalized spacial score (nSPS) is 13.6. The third-order valence-corrected chi connectivity index (χ3v) is 3.18. The number of aromatic hydroxyl groups is 1. The molecule has 3 N–H and O–H groups in total. The van der Waals surface area contributed by atoms with E-state index < -0.39 is 6.10 Å². The van der Waals surface area contributed by atoms with Crippen molar-refractivity contribution in [3.63, 3.8) is 0 Å². The molecule has 1 aromatic carbocycles. The molecule has 1 unspecified atom stereocenters. The summed E-state index contributed by atoms with van der Waals surface area (Å²) in [6.07, 6.45) is 0.582. The van der Waals surface area contributed by atoms with Crippen LogP contribution in [-0.4, -0.2) is 23.3 Å². The van der Waals surface area contributed by atoms with E-state index >= 15 is 0 Å². The monoisotopic (exact) mass is 237 g/mol. The van der Waals surface area contributed by atoms with Crippen LogP contribution in [0.2, 0.25) is 0 Å². The molecule has 0 amide bonds. The first-order chi connectivity index (χ1) is 7.94. The highest BCUT2D eigenvalue weighted by atomic mass is 16.3. The highest BCUT2D eigenvalue weighted by Crippen LogP contribution is 2.19. The van der Waals surface area contributed by atoms with Crippen LogP contribution < -0.4 is 5.32 Å². The first-order valence-corrected chi connectivity index (χ1v) is 6.12. The third-order valence-electron chi connectivity index (χ3n) is 3.18. The number of phenols is 1. The van der Waals surface area contributed by atoms with Crippen molar-refractivity contribution in [1.29, 1.82) is 0 Å². The highest BCUT2D eigenvalue weighted by molar-refractivity contribution is 5.27. The zero-order valence-electron chi connectivity index (χ0n) is 10.9. The fraction of sp³-hybridized carbons (Fsp3) is 0.571. The smallest absolute Gasteiger partial charge is 0.115 e. The van der Waals surface area contributed by atoms with E-state index in [2.05, 4.69) is 26.1 Å². The maximum atomic E-state index is 9.94. The lowest BCUT2D eigenvalue weighted by Gasteiger charge is -2.24. The van der Waals surface area contributed by atoms with Crippen LogP contribution in [0, 0.1) is 5.41 Å². The molecule has 0 aliphatic heterocycles. The maximum absolute atomic E-state index is 9.94. The molecular formula is C14H23NO2. The van der Waals surface area contributed by atoms with Crippen molar-refractivity contribution >= 4 is 0 Å². The number of phenolic OH excluding ortho intramolecular Hbond substituents is 1. The number of aliphatic hydroxyl groups excluding tert-OH is 1. The summed E-state index contributed by atoms with van der Waals surface area (Å²) in [5, 5.41) is 22.4. The van der Waals surface area contributed by atoms with Crippen molar-refractivity contribution in [3.8, 4) is 5.75 Å². The van der Waals surface area contributed by atoms with Gasteiger partial charge in [0, 0.05) is 13.1 Å². The molecular weight excluding hydrogens is 214 g/mol. The molecule has 0 saturated heterocycles. The predicted octanol–water partition coefficient (Wildman–Crippen LogP) is 2.45. The van der Waals surface area contributed by atoms with Crippen LogP contribution in [0.25, 0.3) is 0 Å². The Morgan fingerprint density at radius 2 is 1.82 bits per heavy atom. The predicted molar refractivity (Wildman–Crippen MR) is 70.0 cm³/mol. The molecule has 0 saturated carbocycles. The van der Waals surface area contributed by atoms with Gasteiger partial charge in [-0.2, -0.15) is 0 Å². The number of rotatable bonds is 6. The molecule has 3 nitrogen and oxygen atoms in total. The van der Waals surface area contributed by atoms with Gasteiger partial charge < -0.3 is 15.5 Å². The molecule has 0 bridgehead atoms. The van der Waals surface area contributed by atoms with Crippen molar-refractivity contribution in [1.82, 2.24) is 5.32 Å². The fourth-order valence-corrected chi connectivity index (χ4v) is 1.49. The van der Waals surface area contributed by atoms with Crippen molar-refractivity contribution in [2.45, 2.75) is 33.3 Å². The number of benzene rings is 1. The van der Waals surface area contributed by atoms with E-state index in [1.807, 2.05) is 0 Å². The zero-order chi connectivity index (χ0) is 12.9. The van der Waals surface area contributed by atoms with E-state index in [1.165, 1.54) is 0 Å². The minimum atomic E-state index is -0.525. The second kappa shape index (κ2) is 6.03. The molecule has 3 heteroatoms. The Kier molecular flexibility index (Phi) is 4.97. The molecule has 0 spiro atoms. The van der Waals surface area contributed by atoms with Crippen molar-refractivity contribution < 1.29 is 10.2 Å². The van der Waals surface area contributed by atoms with Crippen LogP contribution in [0.5, 0.6) is 5.75 Å². The van der Waals surface area contributed by atoms with E-state index in [4.69, 9.17) is 5.11 Å². The van der Waals surface area contributed by atoms with Gasteiger partial charge in [0.25, 0.3) is 0 Å². The molecule has 0 aliphatic carbocycles. The average Bonchev–Trinajstić information content (AvgIpc) is 2.29. The quantitative estimate of drug-likeness (QED) is 0.712. The molecule has 0 heterocycles. The van der Waals surface area contributed by atoms with E-state index in [0.29, 0.717) is 6.54 Å². The summed E-state index contributed by atoms with van der Waals surface area (Å²) in [5.74, 6) is 0.223. The van der Waals surface area contributed by atoms with E-state index in [0.717, 1.165) is 18.5 Å². The van der Waals surface area contributed by atoms with Gasteiger partial charge in [0.2, 0.25) is 0 Å². The number of nitrogens with one attached hydrogen (secondary N) is 1. The Morgan fingerprint density at radius 1 is 1.24 bits per heavy atom. The van der Waals surface area contributed by atoms with Gasteiger partial charge in [0.15, 0.2) is 0 Å². The van der Waals surface area contributed by atoms with Crippen LogP contribution >= 0.6 is 0 Å². The van der Waals surface area contributed by atoms with Gasteiger partial charge in [0.1, 0.15) is 5.75 Å². The standard InChI is InChI=1S/C14H23NO2/c1-4-14(2,3)10-15-9-13(17)11-5-7-12(16)8-6-11/h5-8,13,15-17H,4,9-10H2,1-3H3. The summed E-state index contributed by atoms with van der Waals surface area (Å²) < 4.78 is 0. The highest BCUT2D eigenvalue weighted by Gasteiger charge is 2.15. The lowest BCUT2D eigenvalue weighted by atomic mass is 9.90. The van der Waals surface area contributed by atoms with Gasteiger partial charge in [-0.3, -0.25) is 0 Å². The van der Waals surface area contributed by atoms with Gasteiger partial charge >= 0.3 is 0 Å². The Morgan fingerprint density at radius 3 is 2.35 bits per heavy atom. The summed E-state index contributed by atoms with van der Waals surface area (Å²) in [4.78, 5) is 0. The molecule has 0 aromatic heterocycles. The molecule has 0 aliphatic rings. The van der Waals surface area contributed by atoms with Gasteiger partial charge in [-0.1, -0.05) is 32.9 Å². The summed E-state index contributed by atoms with van der Waals surface area (Å²) in [5.41, 5.74) is 1.08.